The van der Waals surface area contributed by atoms with Crippen LogP contribution in [0.1, 0.15) is 71.6 Å². The molecule has 0 aromatic carbocycles. The fraction of sp³-hybridized carbons (Fsp3) is 0.591. The standard InChI is InChI=1S/C22H32O5/c1-3-4-7-11-19(27-17(2)23)14-15-20-18(13-16-21(20)24)10-8-5-6-9-12-22(25)26/h5,8,13,15-16,18-19H,3-4,6-7,9-12,14H2,1-2H3,(H,25,26)/b8-5-,20-15-/t18-,19+/m1/s1. The number of unbranched alkanes of at least 4 members (excludes halogenated alkanes) is 3. The number of carboxylic acid groups (broad SMARTS) is 1. The zero-order chi connectivity index (χ0) is 20.1. The van der Waals surface area contributed by atoms with Crippen molar-refractivity contribution in [2.75, 3.05) is 0 Å². The maximum Gasteiger partial charge on any atom is 0.303 e. The molecule has 0 unspecified atom stereocenters. The topological polar surface area (TPSA) is 80.7 Å². The second-order valence-electron chi connectivity index (χ2n) is 6.95. The van der Waals surface area contributed by atoms with E-state index in [-0.39, 0.29) is 30.2 Å². The molecule has 1 N–H and O–H groups in total. The minimum Gasteiger partial charge on any atom is -0.481 e. The average Bonchev–Trinajstić information content (AvgIpc) is 2.95. The van der Waals surface area contributed by atoms with Gasteiger partial charge in [-0.1, -0.05) is 44.1 Å². The molecule has 0 aromatic rings. The summed E-state index contributed by atoms with van der Waals surface area (Å²) >= 11 is 0. The Kier molecular flexibility index (Phi) is 11.1. The molecule has 0 saturated carbocycles. The van der Waals surface area contributed by atoms with Crippen LogP contribution in [-0.2, 0) is 19.1 Å². The molecule has 0 heterocycles. The summed E-state index contributed by atoms with van der Waals surface area (Å²) in [6.45, 7) is 3.55. The molecule has 5 heteroatoms. The lowest BCUT2D eigenvalue weighted by molar-refractivity contribution is -0.146. The predicted octanol–water partition coefficient (Wildman–Crippen LogP) is 4.77. The minimum atomic E-state index is -0.779. The number of carbonyl (C=O) groups excluding carboxylic acids is 2. The first kappa shape index (κ1) is 22.9. The summed E-state index contributed by atoms with van der Waals surface area (Å²) in [7, 11) is 0. The van der Waals surface area contributed by atoms with E-state index < -0.39 is 5.97 Å². The molecule has 1 aliphatic rings. The van der Waals surface area contributed by atoms with Crippen molar-refractivity contribution in [1.29, 1.82) is 0 Å². The van der Waals surface area contributed by atoms with Crippen molar-refractivity contribution in [3.63, 3.8) is 0 Å². The number of ether oxygens (including phenoxy) is 1. The van der Waals surface area contributed by atoms with Crippen LogP contribution >= 0.6 is 0 Å². The van der Waals surface area contributed by atoms with Crippen LogP contribution in [0, 0.1) is 5.92 Å². The van der Waals surface area contributed by atoms with Crippen LogP contribution in [0.3, 0.4) is 0 Å². The molecule has 0 radical (unpaired) electrons. The number of rotatable bonds is 13. The lowest BCUT2D eigenvalue weighted by Crippen LogP contribution is -2.16. The van der Waals surface area contributed by atoms with Gasteiger partial charge in [-0.2, -0.15) is 0 Å². The second kappa shape index (κ2) is 13.1. The molecule has 0 fully saturated rings. The van der Waals surface area contributed by atoms with Gasteiger partial charge in [0.15, 0.2) is 5.78 Å². The second-order valence-corrected chi connectivity index (χ2v) is 6.95. The highest BCUT2D eigenvalue weighted by Gasteiger charge is 2.22. The van der Waals surface area contributed by atoms with E-state index in [2.05, 4.69) is 6.92 Å². The van der Waals surface area contributed by atoms with Gasteiger partial charge in [0.05, 0.1) is 0 Å². The Morgan fingerprint density at radius 3 is 2.70 bits per heavy atom. The molecular weight excluding hydrogens is 344 g/mol. The quantitative estimate of drug-likeness (QED) is 0.217. The van der Waals surface area contributed by atoms with Gasteiger partial charge in [0.2, 0.25) is 0 Å². The summed E-state index contributed by atoms with van der Waals surface area (Å²) in [5, 5.41) is 8.62. The summed E-state index contributed by atoms with van der Waals surface area (Å²) in [5.74, 6) is -0.998. The Morgan fingerprint density at radius 1 is 1.26 bits per heavy atom. The highest BCUT2D eigenvalue weighted by atomic mass is 16.5. The van der Waals surface area contributed by atoms with Gasteiger partial charge >= 0.3 is 11.9 Å². The van der Waals surface area contributed by atoms with Crippen molar-refractivity contribution in [2.24, 2.45) is 5.92 Å². The van der Waals surface area contributed by atoms with Gasteiger partial charge < -0.3 is 9.84 Å². The van der Waals surface area contributed by atoms with Gasteiger partial charge in [-0.25, -0.2) is 0 Å². The number of carboxylic acids is 1. The van der Waals surface area contributed by atoms with Gasteiger partial charge in [0.1, 0.15) is 6.10 Å². The maximum atomic E-state index is 12.1. The third kappa shape index (κ3) is 9.92. The average molecular weight is 376 g/mol. The predicted molar refractivity (Wildman–Crippen MR) is 105 cm³/mol. The van der Waals surface area contributed by atoms with E-state index in [1.165, 1.54) is 6.92 Å². The molecule has 0 saturated heterocycles. The van der Waals surface area contributed by atoms with Gasteiger partial charge in [-0.05, 0) is 38.2 Å². The van der Waals surface area contributed by atoms with Gasteiger partial charge in [-0.3, -0.25) is 14.4 Å². The van der Waals surface area contributed by atoms with E-state index >= 15 is 0 Å². The van der Waals surface area contributed by atoms with Crippen LogP contribution in [0.25, 0.3) is 0 Å². The fourth-order valence-electron chi connectivity index (χ4n) is 3.12. The van der Waals surface area contributed by atoms with Gasteiger partial charge in [-0.15, -0.1) is 0 Å². The molecule has 0 aliphatic heterocycles. The normalized spacial score (nSPS) is 19.1. The Balaban J connectivity index is 2.56. The fourth-order valence-corrected chi connectivity index (χ4v) is 3.12. The van der Waals surface area contributed by atoms with Crippen LogP contribution in [0.15, 0.2) is 36.0 Å². The van der Waals surface area contributed by atoms with Crippen LogP contribution in [0.2, 0.25) is 0 Å². The maximum absolute atomic E-state index is 12.1. The molecular formula is C22H32O5. The SMILES string of the molecule is CCCCC[C@@H](C/C=C1\C(=O)C=C[C@H]1C/C=C\CCCC(=O)O)OC(C)=O. The van der Waals surface area contributed by atoms with Crippen molar-refractivity contribution in [3.05, 3.63) is 36.0 Å². The van der Waals surface area contributed by atoms with Gasteiger partial charge in [0, 0.05) is 31.3 Å². The number of esters is 1. The largest absolute Gasteiger partial charge is 0.481 e. The molecule has 1 aliphatic carbocycles. The molecule has 0 spiro atoms. The van der Waals surface area contributed by atoms with E-state index in [0.29, 0.717) is 12.8 Å². The van der Waals surface area contributed by atoms with E-state index in [1.54, 1.807) is 6.08 Å². The first-order chi connectivity index (χ1) is 12.9. The number of aliphatic carboxylic acids is 1. The number of ketones is 1. The lowest BCUT2D eigenvalue weighted by atomic mass is 9.95. The third-order valence-corrected chi connectivity index (χ3v) is 4.54. The van der Waals surface area contributed by atoms with Crippen LogP contribution in [0.4, 0.5) is 0 Å². The molecule has 27 heavy (non-hydrogen) atoms. The molecule has 1 rings (SSSR count). The third-order valence-electron chi connectivity index (χ3n) is 4.54. The highest BCUT2D eigenvalue weighted by molar-refractivity contribution is 6.07. The first-order valence-electron chi connectivity index (χ1n) is 9.90. The molecule has 5 nitrogen and oxygen atoms in total. The highest BCUT2D eigenvalue weighted by Crippen LogP contribution is 2.26. The van der Waals surface area contributed by atoms with E-state index in [4.69, 9.17) is 9.84 Å². The van der Waals surface area contributed by atoms with Crippen LogP contribution < -0.4 is 0 Å². The summed E-state index contributed by atoms with van der Waals surface area (Å²) in [6, 6.07) is 0. The van der Waals surface area contributed by atoms with E-state index in [0.717, 1.165) is 44.1 Å². The smallest absolute Gasteiger partial charge is 0.303 e. The summed E-state index contributed by atoms with van der Waals surface area (Å²) in [6.07, 6.45) is 16.1. The Hall–Kier alpha value is -2.17. The minimum absolute atomic E-state index is 0.0226. The van der Waals surface area contributed by atoms with Crippen molar-refractivity contribution in [2.45, 2.75) is 77.7 Å². The summed E-state index contributed by atoms with van der Waals surface area (Å²) in [5.41, 5.74) is 0.762. The van der Waals surface area contributed by atoms with E-state index in [1.807, 2.05) is 24.3 Å². The summed E-state index contributed by atoms with van der Waals surface area (Å²) < 4.78 is 5.39. The summed E-state index contributed by atoms with van der Waals surface area (Å²) in [4.78, 5) is 33.9. The number of allylic oxidation sites excluding steroid dienone is 5. The van der Waals surface area contributed by atoms with Crippen molar-refractivity contribution in [1.82, 2.24) is 0 Å². The molecule has 0 bridgehead atoms. The number of hydrogen-bond donors (Lipinski definition) is 1. The van der Waals surface area contributed by atoms with Gasteiger partial charge in [0.25, 0.3) is 0 Å². The number of hydrogen-bond acceptors (Lipinski definition) is 4. The van der Waals surface area contributed by atoms with E-state index in [9.17, 15) is 14.4 Å². The number of carbonyl (C=O) groups is 3. The zero-order valence-corrected chi connectivity index (χ0v) is 16.5. The van der Waals surface area contributed by atoms with Crippen molar-refractivity contribution in [3.8, 4) is 0 Å². The Bertz CT molecular complexity index is 586. The lowest BCUT2D eigenvalue weighted by Gasteiger charge is -2.16. The molecule has 2 atom stereocenters. The molecule has 0 aromatic heterocycles. The van der Waals surface area contributed by atoms with Crippen molar-refractivity contribution >= 4 is 17.7 Å². The molecule has 150 valence electrons. The first-order valence-corrected chi connectivity index (χ1v) is 9.90. The Morgan fingerprint density at radius 2 is 2.04 bits per heavy atom. The zero-order valence-electron chi connectivity index (χ0n) is 16.5. The van der Waals surface area contributed by atoms with Crippen molar-refractivity contribution < 1.29 is 24.2 Å². The van der Waals surface area contributed by atoms with Crippen LogP contribution in [0.5, 0.6) is 0 Å². The monoisotopic (exact) mass is 376 g/mol. The van der Waals surface area contributed by atoms with Crippen LogP contribution in [-0.4, -0.2) is 28.9 Å². The Labute approximate surface area is 162 Å². The molecule has 0 amide bonds.